The molecule has 8 heteroatoms. The Morgan fingerprint density at radius 3 is 3.10 bits per heavy atom. The number of azide groups is 1. The summed E-state index contributed by atoms with van der Waals surface area (Å²) in [6.45, 7) is 0. The number of nitrogens with two attached hydrogens (primary N) is 1. The fraction of sp³-hybridized carbons (Fsp3) is 0.167. The maximum absolute atomic E-state index is 10.7. The minimum Gasteiger partial charge on any atom is -0.410 e. The zero-order valence-corrected chi connectivity index (χ0v) is 11.2. The Balaban J connectivity index is 2.18. The van der Waals surface area contributed by atoms with Crippen LogP contribution in [0, 0.1) is 0 Å². The van der Waals surface area contributed by atoms with Crippen LogP contribution in [0.5, 0.6) is 5.75 Å². The summed E-state index contributed by atoms with van der Waals surface area (Å²) in [6, 6.07) is 6.51. The predicted molar refractivity (Wildman–Crippen MR) is 74.4 cm³/mol. The molecule has 1 unspecified atom stereocenters. The van der Waals surface area contributed by atoms with Gasteiger partial charge in [0.05, 0.1) is 6.04 Å². The highest BCUT2D eigenvalue weighted by Crippen LogP contribution is 2.26. The number of carbonyl (C=O) groups excluding carboxylic acids is 1. The van der Waals surface area contributed by atoms with E-state index >= 15 is 0 Å². The van der Waals surface area contributed by atoms with Crippen LogP contribution in [-0.2, 0) is 6.42 Å². The van der Waals surface area contributed by atoms with E-state index in [2.05, 4.69) is 15.0 Å². The minimum absolute atomic E-state index is 0.355. The van der Waals surface area contributed by atoms with Crippen molar-refractivity contribution in [2.24, 2.45) is 10.8 Å². The molecule has 2 rings (SSSR count). The Morgan fingerprint density at radius 1 is 1.60 bits per heavy atom. The zero-order valence-electron chi connectivity index (χ0n) is 10.3. The molecule has 0 bridgehead atoms. The highest BCUT2D eigenvalue weighted by Gasteiger charge is 2.13. The summed E-state index contributed by atoms with van der Waals surface area (Å²) >= 11 is 1.42. The molecule has 1 aromatic heterocycles. The summed E-state index contributed by atoms with van der Waals surface area (Å²) < 4.78 is 4.81. The number of ether oxygens (including phenoxy) is 1. The number of hydrogen-bond donors (Lipinski definition) is 1. The van der Waals surface area contributed by atoms with E-state index in [4.69, 9.17) is 16.0 Å². The molecule has 0 aliphatic heterocycles. The van der Waals surface area contributed by atoms with Crippen molar-refractivity contribution in [3.8, 4) is 5.75 Å². The van der Waals surface area contributed by atoms with Crippen LogP contribution in [0.25, 0.3) is 10.4 Å². The van der Waals surface area contributed by atoms with E-state index in [1.807, 2.05) is 11.4 Å². The lowest BCUT2D eigenvalue weighted by Gasteiger charge is -2.09. The first-order valence-electron chi connectivity index (χ1n) is 5.69. The third-order valence-electron chi connectivity index (χ3n) is 2.47. The summed E-state index contributed by atoms with van der Waals surface area (Å²) in [6.07, 6.45) is 1.26. The average molecular weight is 289 g/mol. The minimum atomic E-state index is -0.867. The summed E-state index contributed by atoms with van der Waals surface area (Å²) in [5, 5.41) is 6.31. The fourth-order valence-electron chi connectivity index (χ4n) is 1.71. The number of primary amides is 1. The van der Waals surface area contributed by atoms with Crippen molar-refractivity contribution in [3.05, 3.63) is 56.9 Å². The molecule has 0 spiro atoms. The lowest BCUT2D eigenvalue weighted by atomic mass is 10.1. The average Bonchev–Trinajstić information content (AvgIpc) is 2.91. The number of aromatic nitrogens is 1. The van der Waals surface area contributed by atoms with Crippen molar-refractivity contribution >= 4 is 17.4 Å². The van der Waals surface area contributed by atoms with Crippen LogP contribution in [0.15, 0.2) is 41.0 Å². The number of rotatable bonds is 5. The number of nitrogens with zero attached hydrogens (tertiary/aromatic N) is 4. The molecule has 0 aliphatic rings. The Kier molecular flexibility index (Phi) is 4.54. The summed E-state index contributed by atoms with van der Waals surface area (Å²) in [7, 11) is 0. The van der Waals surface area contributed by atoms with Gasteiger partial charge < -0.3 is 10.5 Å². The maximum atomic E-state index is 10.7. The first-order chi connectivity index (χ1) is 9.69. The molecule has 0 saturated heterocycles. The van der Waals surface area contributed by atoms with Gasteiger partial charge in [0.1, 0.15) is 10.8 Å². The molecule has 0 radical (unpaired) electrons. The molecule has 2 aromatic rings. The number of amides is 1. The van der Waals surface area contributed by atoms with E-state index in [9.17, 15) is 4.79 Å². The van der Waals surface area contributed by atoms with Gasteiger partial charge in [-0.25, -0.2) is 9.78 Å². The fourth-order valence-corrected chi connectivity index (χ4v) is 2.38. The van der Waals surface area contributed by atoms with E-state index < -0.39 is 6.09 Å². The first kappa shape index (κ1) is 13.9. The van der Waals surface area contributed by atoms with E-state index in [1.54, 1.807) is 24.4 Å². The van der Waals surface area contributed by atoms with E-state index in [0.717, 1.165) is 10.6 Å². The summed E-state index contributed by atoms with van der Waals surface area (Å²) in [5.74, 6) is 0.355. The number of carbonyl (C=O) groups is 1. The van der Waals surface area contributed by atoms with Gasteiger partial charge in [-0.05, 0) is 29.6 Å². The quantitative estimate of drug-likeness (QED) is 0.517. The number of benzene rings is 1. The Hall–Kier alpha value is -2.57. The van der Waals surface area contributed by atoms with Gasteiger partial charge in [0, 0.05) is 16.5 Å². The van der Waals surface area contributed by atoms with Crippen LogP contribution in [0.2, 0.25) is 0 Å². The molecule has 1 heterocycles. The predicted octanol–water partition coefficient (Wildman–Crippen LogP) is 3.19. The molecular weight excluding hydrogens is 278 g/mol. The topological polar surface area (TPSA) is 114 Å². The number of thiazole rings is 1. The van der Waals surface area contributed by atoms with Crippen LogP contribution in [0.3, 0.4) is 0 Å². The second-order valence-corrected chi connectivity index (χ2v) is 4.79. The molecule has 1 aromatic carbocycles. The van der Waals surface area contributed by atoms with Crippen LogP contribution in [-0.4, -0.2) is 11.1 Å². The molecule has 0 fully saturated rings. The second-order valence-electron chi connectivity index (χ2n) is 3.86. The van der Waals surface area contributed by atoms with Crippen LogP contribution in [0.4, 0.5) is 4.79 Å². The Bertz CT molecular complexity index is 637. The molecule has 20 heavy (non-hydrogen) atoms. The normalized spacial score (nSPS) is 11.4. The third-order valence-corrected chi connectivity index (χ3v) is 3.35. The Labute approximate surface area is 118 Å². The van der Waals surface area contributed by atoms with Gasteiger partial charge in [-0.2, -0.15) is 0 Å². The summed E-state index contributed by atoms with van der Waals surface area (Å²) in [4.78, 5) is 17.7. The van der Waals surface area contributed by atoms with Gasteiger partial charge in [0.15, 0.2) is 0 Å². The van der Waals surface area contributed by atoms with Crippen molar-refractivity contribution in [2.45, 2.75) is 12.5 Å². The highest BCUT2D eigenvalue weighted by molar-refractivity contribution is 7.09. The van der Waals surface area contributed by atoms with Gasteiger partial charge in [0.25, 0.3) is 0 Å². The molecule has 0 saturated carbocycles. The molecule has 1 atom stereocenters. The zero-order chi connectivity index (χ0) is 14.4. The van der Waals surface area contributed by atoms with Gasteiger partial charge >= 0.3 is 6.09 Å². The first-order valence-corrected chi connectivity index (χ1v) is 6.57. The molecule has 102 valence electrons. The second kappa shape index (κ2) is 6.55. The molecule has 7 nitrogen and oxygen atoms in total. The van der Waals surface area contributed by atoms with Crippen molar-refractivity contribution in [2.75, 3.05) is 0 Å². The molecule has 2 N–H and O–H groups in total. The standard InChI is InChI=1S/C12H11N5O2S/c13-12(18)19-9-3-1-2-8(6-9)7-10(16-17-14)11-15-4-5-20-11/h1-6,10H,7H2,(H2,13,18). The maximum Gasteiger partial charge on any atom is 0.409 e. The van der Waals surface area contributed by atoms with Crippen molar-refractivity contribution in [3.63, 3.8) is 0 Å². The van der Waals surface area contributed by atoms with Crippen molar-refractivity contribution < 1.29 is 9.53 Å². The third kappa shape index (κ3) is 3.71. The van der Waals surface area contributed by atoms with Gasteiger partial charge in [-0.15, -0.1) is 11.3 Å². The van der Waals surface area contributed by atoms with Crippen LogP contribution >= 0.6 is 11.3 Å². The van der Waals surface area contributed by atoms with E-state index in [1.165, 1.54) is 11.3 Å². The van der Waals surface area contributed by atoms with Crippen LogP contribution in [0.1, 0.15) is 16.6 Å². The largest absolute Gasteiger partial charge is 0.410 e. The van der Waals surface area contributed by atoms with Crippen molar-refractivity contribution in [1.29, 1.82) is 0 Å². The highest BCUT2D eigenvalue weighted by atomic mass is 32.1. The van der Waals surface area contributed by atoms with Crippen molar-refractivity contribution in [1.82, 2.24) is 4.98 Å². The van der Waals surface area contributed by atoms with Crippen LogP contribution < -0.4 is 10.5 Å². The van der Waals surface area contributed by atoms with E-state index in [-0.39, 0.29) is 6.04 Å². The number of hydrogen-bond acceptors (Lipinski definition) is 5. The van der Waals surface area contributed by atoms with Gasteiger partial charge in [-0.1, -0.05) is 17.2 Å². The van der Waals surface area contributed by atoms with Gasteiger partial charge in [-0.3, -0.25) is 0 Å². The summed E-state index contributed by atoms with van der Waals surface area (Å²) in [5.41, 5.74) is 14.5. The molecule has 0 aliphatic carbocycles. The van der Waals surface area contributed by atoms with E-state index in [0.29, 0.717) is 12.2 Å². The SMILES string of the molecule is [N-]=[N+]=NC(Cc1cccc(OC(N)=O)c1)c1nccs1. The van der Waals surface area contributed by atoms with Gasteiger partial charge in [0.2, 0.25) is 0 Å². The Morgan fingerprint density at radius 2 is 2.45 bits per heavy atom. The molecular formula is C12H11N5O2S. The lowest BCUT2D eigenvalue weighted by Crippen LogP contribution is -2.16. The molecule has 1 amide bonds. The lowest BCUT2D eigenvalue weighted by molar-refractivity contribution is 0.211. The smallest absolute Gasteiger partial charge is 0.409 e. The monoisotopic (exact) mass is 289 g/mol.